The number of rotatable bonds is 8. The average Bonchev–Trinajstić information content (AvgIpc) is 3.00. The lowest BCUT2D eigenvalue weighted by Gasteiger charge is -2.14. The average molecular weight is 369 g/mol. The minimum atomic E-state index is 0.545. The molecule has 0 saturated heterocycles. The van der Waals surface area contributed by atoms with Gasteiger partial charge in [-0.05, 0) is 37.2 Å². The third kappa shape index (κ3) is 4.52. The highest BCUT2D eigenvalue weighted by atomic mass is 32.1. The number of H-pyrrole nitrogens is 1. The maximum atomic E-state index is 6.04. The molecule has 26 heavy (non-hydrogen) atoms. The summed E-state index contributed by atoms with van der Waals surface area (Å²) >= 11 is 5.31. The minimum Gasteiger partial charge on any atom is -0.489 e. The van der Waals surface area contributed by atoms with Gasteiger partial charge in [0.05, 0.1) is 6.54 Å². The maximum absolute atomic E-state index is 6.04. The monoisotopic (exact) mass is 368 g/mol. The summed E-state index contributed by atoms with van der Waals surface area (Å²) in [6, 6.07) is 16.4. The van der Waals surface area contributed by atoms with E-state index in [1.165, 1.54) is 5.56 Å². The summed E-state index contributed by atoms with van der Waals surface area (Å²) in [5.74, 6) is 1.78. The van der Waals surface area contributed by atoms with E-state index in [2.05, 4.69) is 59.8 Å². The summed E-state index contributed by atoms with van der Waals surface area (Å²) in [7, 11) is 0. The first-order chi connectivity index (χ1) is 12.7. The third-order valence-corrected chi connectivity index (χ3v) is 4.40. The predicted molar refractivity (Wildman–Crippen MR) is 106 cm³/mol. The molecule has 3 rings (SSSR count). The molecule has 0 unspecified atom stereocenters. The molecule has 6 heteroatoms. The molecule has 1 aromatic heterocycles. The van der Waals surface area contributed by atoms with Crippen molar-refractivity contribution in [1.29, 1.82) is 0 Å². The summed E-state index contributed by atoms with van der Waals surface area (Å²) in [6.07, 6.45) is 1.88. The molecule has 0 radical (unpaired) electrons. The summed E-state index contributed by atoms with van der Waals surface area (Å²) in [4.78, 5) is 0. The first-order valence-corrected chi connectivity index (χ1v) is 9.24. The fourth-order valence-corrected chi connectivity index (χ4v) is 2.90. The van der Waals surface area contributed by atoms with Crippen LogP contribution in [0.15, 0.2) is 48.5 Å². The Kier molecular flexibility index (Phi) is 6.07. The molecule has 0 amide bonds. The number of hydrogen-bond acceptors (Lipinski definition) is 4. The van der Waals surface area contributed by atoms with Crippen LogP contribution in [0.2, 0.25) is 0 Å². The predicted octanol–water partition coefficient (Wildman–Crippen LogP) is 4.52. The summed E-state index contributed by atoms with van der Waals surface area (Å²) in [5.41, 5.74) is 6.82. The minimum absolute atomic E-state index is 0.545. The Morgan fingerprint density at radius 2 is 1.92 bits per heavy atom. The topological polar surface area (TPSA) is 54.9 Å². The van der Waals surface area contributed by atoms with Crippen LogP contribution in [0.25, 0.3) is 0 Å². The van der Waals surface area contributed by atoms with E-state index in [1.54, 1.807) is 0 Å². The molecule has 0 bridgehead atoms. The van der Waals surface area contributed by atoms with Gasteiger partial charge in [-0.2, -0.15) is 5.10 Å². The number of benzene rings is 2. The van der Waals surface area contributed by atoms with Crippen molar-refractivity contribution in [2.24, 2.45) is 0 Å². The number of aryl methyl sites for hydroxylation is 2. The molecule has 0 aliphatic carbocycles. The number of ether oxygens (including phenoxy) is 1. The van der Waals surface area contributed by atoms with Crippen molar-refractivity contribution in [3.05, 3.63) is 75.8 Å². The number of aromatic amines is 1. The highest BCUT2D eigenvalue weighted by Crippen LogP contribution is 2.20. The van der Waals surface area contributed by atoms with E-state index in [1.807, 2.05) is 22.9 Å². The quantitative estimate of drug-likeness (QED) is 0.574. The van der Waals surface area contributed by atoms with Gasteiger partial charge in [0.15, 0.2) is 5.82 Å². The highest BCUT2D eigenvalue weighted by molar-refractivity contribution is 7.71. The van der Waals surface area contributed by atoms with Gasteiger partial charge in [-0.3, -0.25) is 5.10 Å². The summed E-state index contributed by atoms with van der Waals surface area (Å²) < 4.78 is 8.46. The Labute approximate surface area is 159 Å². The van der Waals surface area contributed by atoms with Gasteiger partial charge in [0, 0.05) is 12.0 Å². The van der Waals surface area contributed by atoms with Crippen molar-refractivity contribution < 1.29 is 4.74 Å². The van der Waals surface area contributed by atoms with Crippen molar-refractivity contribution in [2.75, 3.05) is 5.43 Å². The summed E-state index contributed by atoms with van der Waals surface area (Å²) in [6.45, 7) is 5.35. The molecule has 0 fully saturated rings. The van der Waals surface area contributed by atoms with Crippen LogP contribution in [-0.4, -0.2) is 14.9 Å². The lowest BCUT2D eigenvalue weighted by Crippen LogP contribution is -2.18. The third-order valence-electron chi connectivity index (χ3n) is 4.13. The van der Waals surface area contributed by atoms with E-state index >= 15 is 0 Å². The second-order valence-electron chi connectivity index (χ2n) is 6.25. The fourth-order valence-electron chi connectivity index (χ4n) is 2.68. The van der Waals surface area contributed by atoms with Crippen LogP contribution >= 0.6 is 12.2 Å². The van der Waals surface area contributed by atoms with E-state index in [-0.39, 0.29) is 0 Å². The standard InChI is InChI=1S/C20H24N4OS/c1-3-6-19-22-23-20(26)24(19)21-13-17-7-4-5-8-18(17)25-14-16-11-9-15(2)10-12-16/h4-5,7-12,21H,3,6,13-14H2,1-2H3,(H,23,26). The molecule has 0 aliphatic rings. The van der Waals surface area contributed by atoms with Crippen LogP contribution in [0.1, 0.15) is 35.9 Å². The van der Waals surface area contributed by atoms with Gasteiger partial charge in [0.2, 0.25) is 4.77 Å². The zero-order chi connectivity index (χ0) is 18.4. The SMILES string of the molecule is CCCc1n[nH]c(=S)n1NCc1ccccc1OCc1ccc(C)cc1. The Balaban J connectivity index is 1.68. The number of hydrogen-bond donors (Lipinski definition) is 2. The second kappa shape index (κ2) is 8.67. The van der Waals surface area contributed by atoms with Gasteiger partial charge in [-0.15, -0.1) is 0 Å². The van der Waals surface area contributed by atoms with Crippen molar-refractivity contribution in [1.82, 2.24) is 14.9 Å². The molecular weight excluding hydrogens is 344 g/mol. The Morgan fingerprint density at radius 3 is 2.69 bits per heavy atom. The van der Waals surface area contributed by atoms with Gasteiger partial charge < -0.3 is 10.2 Å². The van der Waals surface area contributed by atoms with E-state index in [0.29, 0.717) is 17.9 Å². The van der Waals surface area contributed by atoms with E-state index < -0.39 is 0 Å². The van der Waals surface area contributed by atoms with Gasteiger partial charge in [0.1, 0.15) is 12.4 Å². The van der Waals surface area contributed by atoms with Gasteiger partial charge in [-0.25, -0.2) is 4.68 Å². The van der Waals surface area contributed by atoms with Crippen molar-refractivity contribution in [2.45, 2.75) is 39.8 Å². The number of nitrogens with one attached hydrogen (secondary N) is 2. The van der Waals surface area contributed by atoms with E-state index in [0.717, 1.165) is 35.5 Å². The Morgan fingerprint density at radius 1 is 1.15 bits per heavy atom. The molecule has 0 saturated carbocycles. The molecule has 136 valence electrons. The molecule has 2 N–H and O–H groups in total. The van der Waals surface area contributed by atoms with Crippen LogP contribution < -0.4 is 10.2 Å². The smallest absolute Gasteiger partial charge is 0.214 e. The lowest BCUT2D eigenvalue weighted by atomic mass is 10.1. The molecule has 2 aromatic carbocycles. The fraction of sp³-hybridized carbons (Fsp3) is 0.300. The van der Waals surface area contributed by atoms with E-state index in [9.17, 15) is 0 Å². The maximum Gasteiger partial charge on any atom is 0.214 e. The molecule has 5 nitrogen and oxygen atoms in total. The van der Waals surface area contributed by atoms with Gasteiger partial charge in [0.25, 0.3) is 0 Å². The van der Waals surface area contributed by atoms with Crippen molar-refractivity contribution in [3.8, 4) is 5.75 Å². The number of aromatic nitrogens is 3. The molecule has 0 spiro atoms. The largest absolute Gasteiger partial charge is 0.489 e. The molecule has 0 atom stereocenters. The first-order valence-electron chi connectivity index (χ1n) is 8.83. The van der Waals surface area contributed by atoms with Crippen LogP contribution in [-0.2, 0) is 19.6 Å². The normalized spacial score (nSPS) is 10.7. The van der Waals surface area contributed by atoms with Crippen LogP contribution in [0, 0.1) is 11.7 Å². The Bertz CT molecular complexity index is 899. The zero-order valence-corrected chi connectivity index (χ0v) is 16.0. The number of nitrogens with zero attached hydrogens (tertiary/aromatic N) is 2. The zero-order valence-electron chi connectivity index (χ0n) is 15.2. The molecule has 0 aliphatic heterocycles. The highest BCUT2D eigenvalue weighted by Gasteiger charge is 2.07. The second-order valence-corrected chi connectivity index (χ2v) is 6.63. The molecule has 3 aromatic rings. The van der Waals surface area contributed by atoms with Crippen LogP contribution in [0.4, 0.5) is 0 Å². The molecule has 1 heterocycles. The Hall–Kier alpha value is -2.60. The van der Waals surface area contributed by atoms with Crippen LogP contribution in [0.3, 0.4) is 0 Å². The van der Waals surface area contributed by atoms with Gasteiger partial charge in [-0.1, -0.05) is 55.0 Å². The number of para-hydroxylation sites is 1. The summed E-state index contributed by atoms with van der Waals surface area (Å²) in [5, 5.41) is 7.12. The lowest BCUT2D eigenvalue weighted by molar-refractivity contribution is 0.303. The van der Waals surface area contributed by atoms with Crippen molar-refractivity contribution >= 4 is 12.2 Å². The molecular formula is C20H24N4OS. The van der Waals surface area contributed by atoms with Crippen molar-refractivity contribution in [3.63, 3.8) is 0 Å². The van der Waals surface area contributed by atoms with E-state index in [4.69, 9.17) is 17.0 Å². The first kappa shape index (κ1) is 18.2. The van der Waals surface area contributed by atoms with Crippen LogP contribution in [0.5, 0.6) is 5.75 Å². The van der Waals surface area contributed by atoms with Gasteiger partial charge >= 0.3 is 0 Å².